The van der Waals surface area contributed by atoms with Crippen LogP contribution in [0, 0.1) is 5.92 Å². The van der Waals surface area contributed by atoms with Crippen molar-refractivity contribution < 1.29 is 9.53 Å². The Labute approximate surface area is 114 Å². The molecule has 1 aliphatic carbocycles. The third-order valence-electron chi connectivity index (χ3n) is 2.91. The van der Waals surface area contributed by atoms with E-state index in [0.717, 1.165) is 5.57 Å². The second-order valence-corrected chi connectivity index (χ2v) is 4.53. The summed E-state index contributed by atoms with van der Waals surface area (Å²) in [4.78, 5) is 23.7. The Kier molecular flexibility index (Phi) is 2.94. The van der Waals surface area contributed by atoms with Gasteiger partial charge in [-0.2, -0.15) is 0 Å². The molecule has 6 nitrogen and oxygen atoms in total. The molecule has 0 aromatic carbocycles. The molecule has 7 heteroatoms. The average Bonchev–Trinajstić information content (AvgIpc) is 3.09. The van der Waals surface area contributed by atoms with E-state index in [4.69, 9.17) is 16.3 Å². The summed E-state index contributed by atoms with van der Waals surface area (Å²) in [5, 5.41) is 0.303. The topological polar surface area (TPSA) is 69.9 Å². The molecule has 19 heavy (non-hydrogen) atoms. The van der Waals surface area contributed by atoms with E-state index in [1.54, 1.807) is 23.9 Å². The molecule has 1 saturated carbocycles. The molecule has 2 aromatic heterocycles. The summed E-state index contributed by atoms with van der Waals surface area (Å²) < 4.78 is 6.63. The standard InChI is InChI=1S/C12H11ClN4O2/c1-2-19-11(18)8-3-7(8)5-17-10-9(16-12(17)13)4-14-6-15-10/h4-6,8H,2-3H2,1H3. The number of hydrogen-bond donors (Lipinski definition) is 0. The Hall–Kier alpha value is -1.95. The van der Waals surface area contributed by atoms with Crippen LogP contribution < -0.4 is 0 Å². The van der Waals surface area contributed by atoms with Gasteiger partial charge < -0.3 is 4.74 Å². The summed E-state index contributed by atoms with van der Waals surface area (Å²) in [6.07, 6.45) is 5.52. The fourth-order valence-corrected chi connectivity index (χ4v) is 2.12. The average molecular weight is 279 g/mol. The first-order valence-electron chi connectivity index (χ1n) is 5.91. The van der Waals surface area contributed by atoms with Crippen molar-refractivity contribution in [1.82, 2.24) is 19.5 Å². The van der Waals surface area contributed by atoms with Crippen molar-refractivity contribution in [3.8, 4) is 0 Å². The highest BCUT2D eigenvalue weighted by molar-refractivity contribution is 6.29. The molecule has 1 unspecified atom stereocenters. The van der Waals surface area contributed by atoms with Crippen LogP contribution in [-0.2, 0) is 9.53 Å². The number of aromatic nitrogens is 4. The zero-order chi connectivity index (χ0) is 13.4. The fraction of sp³-hybridized carbons (Fsp3) is 0.333. The summed E-state index contributed by atoms with van der Waals surface area (Å²) in [5.74, 6) is -0.348. The van der Waals surface area contributed by atoms with Crippen molar-refractivity contribution in [3.05, 3.63) is 23.4 Å². The van der Waals surface area contributed by atoms with E-state index in [9.17, 15) is 4.79 Å². The minimum atomic E-state index is -0.191. The van der Waals surface area contributed by atoms with Crippen LogP contribution in [-0.4, -0.2) is 32.1 Å². The van der Waals surface area contributed by atoms with Crippen molar-refractivity contribution in [3.63, 3.8) is 0 Å². The van der Waals surface area contributed by atoms with Crippen molar-refractivity contribution in [2.75, 3.05) is 6.61 Å². The summed E-state index contributed by atoms with van der Waals surface area (Å²) in [5.41, 5.74) is 2.22. The third kappa shape index (κ3) is 2.19. The Balaban J connectivity index is 1.91. The zero-order valence-electron chi connectivity index (χ0n) is 10.2. The van der Waals surface area contributed by atoms with Crippen LogP contribution in [0.5, 0.6) is 0 Å². The number of nitrogens with zero attached hydrogens (tertiary/aromatic N) is 4. The fourth-order valence-electron chi connectivity index (χ4n) is 1.90. The molecule has 0 radical (unpaired) electrons. The maximum Gasteiger partial charge on any atom is 0.313 e. The Morgan fingerprint density at radius 2 is 2.53 bits per heavy atom. The second kappa shape index (κ2) is 4.62. The summed E-state index contributed by atoms with van der Waals surface area (Å²) >= 11 is 6.05. The number of rotatable bonds is 3. The van der Waals surface area contributed by atoms with Crippen LogP contribution in [0.2, 0.25) is 5.28 Å². The lowest BCUT2D eigenvalue weighted by molar-refractivity contribution is -0.144. The van der Waals surface area contributed by atoms with Crippen LogP contribution in [0.3, 0.4) is 0 Å². The number of hydrogen-bond acceptors (Lipinski definition) is 5. The maximum absolute atomic E-state index is 11.5. The first kappa shape index (κ1) is 12.1. The van der Waals surface area contributed by atoms with Gasteiger partial charge in [0.05, 0.1) is 18.7 Å². The summed E-state index contributed by atoms with van der Waals surface area (Å²) in [7, 11) is 0. The second-order valence-electron chi connectivity index (χ2n) is 4.20. The number of esters is 1. The minimum Gasteiger partial charge on any atom is -0.466 e. The molecule has 2 aromatic rings. The van der Waals surface area contributed by atoms with Gasteiger partial charge >= 0.3 is 5.97 Å². The Morgan fingerprint density at radius 1 is 1.68 bits per heavy atom. The highest BCUT2D eigenvalue weighted by Crippen LogP contribution is 2.40. The maximum atomic E-state index is 11.5. The molecule has 1 atom stereocenters. The SMILES string of the molecule is CCOC(=O)C1CC1=Cn1c(Cl)nc2cncnc21. The molecule has 1 aliphatic rings. The van der Waals surface area contributed by atoms with Crippen molar-refractivity contribution in [1.29, 1.82) is 0 Å². The quantitative estimate of drug-likeness (QED) is 0.633. The Bertz CT molecular complexity index is 679. The monoisotopic (exact) mass is 278 g/mol. The van der Waals surface area contributed by atoms with Gasteiger partial charge in [-0.25, -0.2) is 15.0 Å². The highest BCUT2D eigenvalue weighted by Gasteiger charge is 2.38. The zero-order valence-corrected chi connectivity index (χ0v) is 11.0. The number of imidazole rings is 1. The summed E-state index contributed by atoms with van der Waals surface area (Å²) in [6, 6.07) is 0. The number of carbonyl (C=O) groups is 1. The number of carbonyl (C=O) groups excluding carboxylic acids is 1. The van der Waals surface area contributed by atoms with Crippen LogP contribution in [0.4, 0.5) is 0 Å². The van der Waals surface area contributed by atoms with E-state index < -0.39 is 0 Å². The van der Waals surface area contributed by atoms with E-state index in [-0.39, 0.29) is 11.9 Å². The highest BCUT2D eigenvalue weighted by atomic mass is 35.5. The molecule has 1 fully saturated rings. The van der Waals surface area contributed by atoms with Gasteiger partial charge in [0.1, 0.15) is 11.8 Å². The van der Waals surface area contributed by atoms with Gasteiger partial charge in [0.25, 0.3) is 0 Å². The largest absolute Gasteiger partial charge is 0.466 e. The van der Waals surface area contributed by atoms with E-state index in [1.165, 1.54) is 6.33 Å². The van der Waals surface area contributed by atoms with E-state index in [1.807, 2.05) is 0 Å². The van der Waals surface area contributed by atoms with Crippen molar-refractivity contribution in [2.45, 2.75) is 13.3 Å². The molecule has 0 N–H and O–H groups in total. The lowest BCUT2D eigenvalue weighted by atomic mass is 10.4. The van der Waals surface area contributed by atoms with Crippen LogP contribution >= 0.6 is 11.6 Å². The molecule has 0 saturated heterocycles. The van der Waals surface area contributed by atoms with E-state index in [2.05, 4.69) is 15.0 Å². The normalized spacial score (nSPS) is 19.9. The molecular formula is C12H11ClN4O2. The third-order valence-corrected chi connectivity index (χ3v) is 3.17. The van der Waals surface area contributed by atoms with Gasteiger partial charge in [-0.15, -0.1) is 0 Å². The molecule has 0 amide bonds. The number of halogens is 1. The lowest BCUT2D eigenvalue weighted by Gasteiger charge is -1.98. The van der Waals surface area contributed by atoms with E-state index >= 15 is 0 Å². The van der Waals surface area contributed by atoms with Crippen molar-refractivity contribution >= 4 is 34.9 Å². The molecular weight excluding hydrogens is 268 g/mol. The van der Waals surface area contributed by atoms with Crippen molar-refractivity contribution in [2.24, 2.45) is 5.92 Å². The lowest BCUT2D eigenvalue weighted by Crippen LogP contribution is -2.05. The molecule has 0 bridgehead atoms. The summed E-state index contributed by atoms with van der Waals surface area (Å²) in [6.45, 7) is 2.19. The molecule has 0 spiro atoms. The van der Waals surface area contributed by atoms with Gasteiger partial charge in [0, 0.05) is 6.20 Å². The van der Waals surface area contributed by atoms with Gasteiger partial charge in [-0.05, 0) is 30.5 Å². The first-order chi connectivity index (χ1) is 9.20. The molecule has 2 heterocycles. The minimum absolute atomic E-state index is 0.157. The van der Waals surface area contributed by atoms with E-state index in [0.29, 0.717) is 29.5 Å². The first-order valence-corrected chi connectivity index (χ1v) is 6.29. The van der Waals surface area contributed by atoms with Gasteiger partial charge in [0.15, 0.2) is 5.65 Å². The number of ether oxygens (including phenoxy) is 1. The van der Waals surface area contributed by atoms with Gasteiger partial charge in [0.2, 0.25) is 5.28 Å². The smallest absolute Gasteiger partial charge is 0.313 e. The Morgan fingerprint density at radius 3 is 3.32 bits per heavy atom. The van der Waals surface area contributed by atoms with Gasteiger partial charge in [-0.1, -0.05) is 0 Å². The van der Waals surface area contributed by atoms with Gasteiger partial charge in [-0.3, -0.25) is 9.36 Å². The molecule has 3 rings (SSSR count). The molecule has 98 valence electrons. The van der Waals surface area contributed by atoms with Crippen LogP contribution in [0.15, 0.2) is 18.1 Å². The predicted octanol–water partition coefficient (Wildman–Crippen LogP) is 1.90. The predicted molar refractivity (Wildman–Crippen MR) is 69.3 cm³/mol. The van der Waals surface area contributed by atoms with Crippen LogP contribution in [0.1, 0.15) is 13.3 Å². The van der Waals surface area contributed by atoms with Crippen LogP contribution in [0.25, 0.3) is 17.4 Å². The molecule has 0 aliphatic heterocycles. The number of fused-ring (bicyclic) bond motifs is 1.